The fourth-order valence-electron chi connectivity index (χ4n) is 10.4. The second-order valence-corrected chi connectivity index (χ2v) is 17.8. The first-order valence-electron chi connectivity index (χ1n) is 22.0. The predicted octanol–water partition coefficient (Wildman–Crippen LogP) is 15.2. The highest BCUT2D eigenvalue weighted by atomic mass is 32.1. The molecule has 65 heavy (non-hydrogen) atoms. The van der Waals surface area contributed by atoms with E-state index in [4.69, 9.17) is 15.0 Å². The van der Waals surface area contributed by atoms with E-state index in [1.165, 1.54) is 53.6 Å². The Bertz CT molecular complexity index is 3650. The van der Waals surface area contributed by atoms with Gasteiger partial charge in [0.2, 0.25) is 0 Å². The highest BCUT2D eigenvalue weighted by Crippen LogP contribution is 2.58. The Balaban J connectivity index is 1.06. The fraction of sp³-hybridized carbons (Fsp3) is 0.0167. The van der Waals surface area contributed by atoms with Gasteiger partial charge < -0.3 is 4.57 Å². The zero-order chi connectivity index (χ0) is 42.9. The Kier molecular flexibility index (Phi) is 8.58. The number of hydrogen-bond acceptors (Lipinski definition) is 4. The summed E-state index contributed by atoms with van der Waals surface area (Å²) in [5.41, 5.74) is 13.8. The summed E-state index contributed by atoms with van der Waals surface area (Å²) in [5, 5.41) is 3.66. The van der Waals surface area contributed by atoms with Crippen LogP contribution in [0.25, 0.3) is 93.3 Å². The minimum atomic E-state index is -0.561. The molecule has 1 aliphatic carbocycles. The van der Waals surface area contributed by atoms with Gasteiger partial charge in [0.05, 0.1) is 22.1 Å². The Labute approximate surface area is 380 Å². The van der Waals surface area contributed by atoms with Crippen LogP contribution in [-0.2, 0) is 5.41 Å². The molecule has 3 aromatic heterocycles. The molecule has 13 rings (SSSR count). The molecule has 3 heterocycles. The summed E-state index contributed by atoms with van der Waals surface area (Å²) in [6.07, 6.45) is 0. The van der Waals surface area contributed by atoms with Crippen LogP contribution < -0.4 is 0 Å². The normalized spacial score (nSPS) is 12.7. The average Bonchev–Trinajstić information content (AvgIpc) is 4.06. The maximum absolute atomic E-state index is 5.53. The van der Waals surface area contributed by atoms with E-state index >= 15 is 0 Å². The molecule has 0 unspecified atom stereocenters. The third kappa shape index (κ3) is 5.79. The number of hydrogen-bond donors (Lipinski definition) is 0. The van der Waals surface area contributed by atoms with Crippen molar-refractivity contribution < 1.29 is 0 Å². The molecule has 0 atom stereocenters. The van der Waals surface area contributed by atoms with Crippen LogP contribution >= 0.6 is 11.3 Å². The van der Waals surface area contributed by atoms with Gasteiger partial charge in [-0.25, -0.2) is 15.0 Å². The van der Waals surface area contributed by atoms with Crippen molar-refractivity contribution in [1.29, 1.82) is 0 Å². The van der Waals surface area contributed by atoms with Crippen LogP contribution in [0.1, 0.15) is 22.3 Å². The topological polar surface area (TPSA) is 43.6 Å². The summed E-state index contributed by atoms with van der Waals surface area (Å²) < 4.78 is 3.63. The van der Waals surface area contributed by atoms with Crippen LogP contribution in [0.15, 0.2) is 231 Å². The molecular formula is C60H38N4S. The highest BCUT2D eigenvalue weighted by molar-refractivity contribution is 7.22. The van der Waals surface area contributed by atoms with Crippen LogP contribution in [0.5, 0.6) is 0 Å². The van der Waals surface area contributed by atoms with Crippen molar-refractivity contribution in [2.24, 2.45) is 0 Å². The van der Waals surface area contributed by atoms with Crippen molar-refractivity contribution in [2.75, 3.05) is 0 Å². The highest BCUT2D eigenvalue weighted by Gasteiger charge is 2.47. The maximum atomic E-state index is 5.53. The van der Waals surface area contributed by atoms with E-state index in [2.05, 4.69) is 235 Å². The minimum absolute atomic E-state index is 0.561. The molecule has 0 fully saturated rings. The summed E-state index contributed by atoms with van der Waals surface area (Å²) in [6, 6.07) is 82.7. The van der Waals surface area contributed by atoms with E-state index in [1.807, 2.05) is 11.3 Å². The number of thiophene rings is 1. The summed E-state index contributed by atoms with van der Waals surface area (Å²) in [6.45, 7) is 0. The van der Waals surface area contributed by atoms with Crippen LogP contribution in [0, 0.1) is 0 Å². The van der Waals surface area contributed by atoms with Crippen molar-refractivity contribution in [3.63, 3.8) is 0 Å². The first-order valence-corrected chi connectivity index (χ1v) is 22.8. The number of fused-ring (bicyclic) bond motifs is 7. The van der Waals surface area contributed by atoms with Gasteiger partial charge in [-0.2, -0.15) is 0 Å². The smallest absolute Gasteiger partial charge is 0.166 e. The molecule has 1 aliphatic rings. The maximum Gasteiger partial charge on any atom is 0.166 e. The Morgan fingerprint density at radius 1 is 0.385 bits per heavy atom. The Hall–Kier alpha value is -8.25. The van der Waals surface area contributed by atoms with Gasteiger partial charge in [0.1, 0.15) is 0 Å². The molecule has 304 valence electrons. The van der Waals surface area contributed by atoms with E-state index in [0.29, 0.717) is 17.5 Å². The van der Waals surface area contributed by atoms with Gasteiger partial charge in [0, 0.05) is 37.0 Å². The van der Waals surface area contributed by atoms with E-state index in [-0.39, 0.29) is 0 Å². The number of aromatic nitrogens is 4. The van der Waals surface area contributed by atoms with Gasteiger partial charge >= 0.3 is 0 Å². The number of benzene rings is 9. The summed E-state index contributed by atoms with van der Waals surface area (Å²) in [4.78, 5) is 17.6. The third-order valence-electron chi connectivity index (χ3n) is 13.2. The molecule has 4 nitrogen and oxygen atoms in total. The SMILES string of the molecule is c1ccc(C2(c3ccccc3)c3ccccc3-c3c(-c4nc(-c5ccc(-c6cc7ccccc7s6)cc5)nc(-c5ccccc5-n5c6ccccc6c6ccccc65)n4)cccc32)cc1. The van der Waals surface area contributed by atoms with Crippen molar-refractivity contribution in [3.8, 4) is 61.4 Å². The van der Waals surface area contributed by atoms with Gasteiger partial charge in [-0.05, 0) is 80.7 Å². The predicted molar refractivity (Wildman–Crippen MR) is 269 cm³/mol. The molecule has 9 aromatic carbocycles. The average molecular weight is 847 g/mol. The van der Waals surface area contributed by atoms with Crippen LogP contribution in [0.3, 0.4) is 0 Å². The lowest BCUT2D eigenvalue weighted by atomic mass is 9.67. The largest absolute Gasteiger partial charge is 0.309 e. The Morgan fingerprint density at radius 3 is 1.62 bits per heavy atom. The van der Waals surface area contributed by atoms with Gasteiger partial charge in [0.15, 0.2) is 17.5 Å². The van der Waals surface area contributed by atoms with E-state index in [0.717, 1.165) is 44.5 Å². The lowest BCUT2D eigenvalue weighted by Gasteiger charge is -2.33. The van der Waals surface area contributed by atoms with Gasteiger partial charge in [0.25, 0.3) is 0 Å². The number of nitrogens with zero attached hydrogens (tertiary/aromatic N) is 4. The molecule has 12 aromatic rings. The molecule has 0 radical (unpaired) electrons. The molecular weight excluding hydrogens is 809 g/mol. The molecule has 0 N–H and O–H groups in total. The second-order valence-electron chi connectivity index (χ2n) is 16.7. The van der Waals surface area contributed by atoms with E-state index in [1.54, 1.807) is 0 Å². The number of rotatable bonds is 7. The minimum Gasteiger partial charge on any atom is -0.309 e. The lowest BCUT2D eigenvalue weighted by molar-refractivity contribution is 0.768. The molecule has 0 saturated carbocycles. The molecule has 0 amide bonds. The summed E-state index contributed by atoms with van der Waals surface area (Å²) >= 11 is 1.81. The quantitative estimate of drug-likeness (QED) is 0.160. The first kappa shape index (κ1) is 37.3. The summed E-state index contributed by atoms with van der Waals surface area (Å²) in [5.74, 6) is 1.85. The van der Waals surface area contributed by atoms with Gasteiger partial charge in [-0.3, -0.25) is 0 Å². The summed E-state index contributed by atoms with van der Waals surface area (Å²) in [7, 11) is 0. The van der Waals surface area contributed by atoms with Crippen LogP contribution in [-0.4, -0.2) is 19.5 Å². The molecule has 0 bridgehead atoms. The molecule has 0 aliphatic heterocycles. The van der Waals surface area contributed by atoms with Gasteiger partial charge in [-0.15, -0.1) is 11.3 Å². The van der Waals surface area contributed by atoms with E-state index < -0.39 is 5.41 Å². The van der Waals surface area contributed by atoms with Crippen molar-refractivity contribution in [2.45, 2.75) is 5.41 Å². The first-order chi connectivity index (χ1) is 32.2. The molecule has 0 saturated heterocycles. The molecule has 0 spiro atoms. The zero-order valence-electron chi connectivity index (χ0n) is 35.1. The van der Waals surface area contributed by atoms with Crippen LogP contribution in [0.4, 0.5) is 0 Å². The van der Waals surface area contributed by atoms with Crippen LogP contribution in [0.2, 0.25) is 0 Å². The fourth-order valence-corrected chi connectivity index (χ4v) is 11.4. The second kappa shape index (κ2) is 14.9. The Morgan fingerprint density at radius 2 is 0.908 bits per heavy atom. The molecule has 5 heteroatoms. The van der Waals surface area contributed by atoms with E-state index in [9.17, 15) is 0 Å². The van der Waals surface area contributed by atoms with Crippen molar-refractivity contribution in [3.05, 3.63) is 253 Å². The zero-order valence-corrected chi connectivity index (χ0v) is 36.0. The van der Waals surface area contributed by atoms with Crippen molar-refractivity contribution >= 4 is 43.2 Å². The van der Waals surface area contributed by atoms with Crippen molar-refractivity contribution in [1.82, 2.24) is 19.5 Å². The monoisotopic (exact) mass is 846 g/mol. The standard InChI is InChI=1S/C60H38N4S/c1-3-19-42(20-4-1)60(43-21-5-2-6-22-43)49-28-12-8-25-46(49)56-48(27-17-29-50(56)60)59-62-57(40-36-34-39(35-37-40)55-38-41-18-7-16-33-54(41)65-55)61-58(63-59)47-26-11-15-32-53(47)64-51-30-13-9-23-44(51)45-24-10-14-31-52(45)64/h1-38H. The number of para-hydroxylation sites is 3. The third-order valence-corrected chi connectivity index (χ3v) is 14.3. The lowest BCUT2D eigenvalue weighted by Crippen LogP contribution is -2.28. The van der Waals surface area contributed by atoms with Gasteiger partial charge in [-0.1, -0.05) is 194 Å².